The molecule has 1 rings (SSSR count). The van der Waals surface area contributed by atoms with E-state index in [0.29, 0.717) is 6.61 Å². The molecule has 0 aromatic carbocycles. The highest BCUT2D eigenvalue weighted by atomic mass is 16.6. The number of hydrogen-bond donors (Lipinski definition) is 2. The topological polar surface area (TPSA) is 105 Å². The Labute approximate surface area is 142 Å². The van der Waals surface area contributed by atoms with Gasteiger partial charge in [-0.25, -0.2) is 9.59 Å². The normalized spacial score (nSPS) is 21.1. The number of carbonyl (C=O) groups excluding carboxylic acids is 2. The Morgan fingerprint density at radius 3 is 2.46 bits per heavy atom. The first-order valence-corrected chi connectivity index (χ1v) is 8.26. The predicted molar refractivity (Wildman–Crippen MR) is 86.7 cm³/mol. The number of amides is 2. The molecule has 2 N–H and O–H groups in total. The molecule has 2 atom stereocenters. The van der Waals surface area contributed by atoms with E-state index in [-0.39, 0.29) is 19.5 Å². The molecule has 1 fully saturated rings. The summed E-state index contributed by atoms with van der Waals surface area (Å²) < 4.78 is 10.3. The predicted octanol–water partition coefficient (Wildman–Crippen LogP) is 2.22. The molecule has 2 amide bonds. The van der Waals surface area contributed by atoms with Crippen molar-refractivity contribution in [2.75, 3.05) is 19.7 Å². The second kappa shape index (κ2) is 8.75. The van der Waals surface area contributed by atoms with Crippen LogP contribution in [0.5, 0.6) is 0 Å². The third-order valence-corrected chi connectivity index (χ3v) is 3.50. The fourth-order valence-electron chi connectivity index (χ4n) is 2.38. The summed E-state index contributed by atoms with van der Waals surface area (Å²) in [5.41, 5.74) is -0.671. The summed E-state index contributed by atoms with van der Waals surface area (Å²) in [6, 6.07) is -0.485. The Balaban J connectivity index is 2.66. The highest BCUT2D eigenvalue weighted by Crippen LogP contribution is 2.20. The van der Waals surface area contributed by atoms with E-state index in [9.17, 15) is 19.5 Å². The fourth-order valence-corrected chi connectivity index (χ4v) is 2.38. The monoisotopic (exact) mass is 344 g/mol. The molecule has 0 bridgehead atoms. The number of nitrogens with one attached hydrogen (secondary N) is 1. The van der Waals surface area contributed by atoms with E-state index in [1.165, 1.54) is 4.90 Å². The summed E-state index contributed by atoms with van der Waals surface area (Å²) in [4.78, 5) is 36.6. The quantitative estimate of drug-likeness (QED) is 0.741. The molecule has 138 valence electrons. The molecule has 8 nitrogen and oxygen atoms in total. The highest BCUT2D eigenvalue weighted by Gasteiger charge is 2.36. The van der Waals surface area contributed by atoms with Crippen LogP contribution in [0.25, 0.3) is 0 Å². The van der Waals surface area contributed by atoms with Crippen molar-refractivity contribution >= 4 is 18.2 Å². The minimum atomic E-state index is -1.01. The standard InChI is InChI=1S/C16H28N2O6/c1-5-6-7-23-14(21)17-12-8-11(13(19)20)9-18(10-12)15(22)24-16(2,3)4/h11-12H,5-10H2,1-4H3,(H,17,21)(H,19,20)/t11?,12-/m1/s1. The Bertz CT molecular complexity index is 460. The second-order valence-corrected chi connectivity index (χ2v) is 6.99. The number of nitrogens with zero attached hydrogens (tertiary/aromatic N) is 1. The first-order chi connectivity index (χ1) is 11.1. The number of carboxylic acids is 1. The molecule has 1 unspecified atom stereocenters. The number of rotatable bonds is 5. The number of aliphatic carboxylic acids is 1. The minimum absolute atomic E-state index is 0.0628. The van der Waals surface area contributed by atoms with E-state index in [4.69, 9.17) is 9.47 Å². The number of unbranched alkanes of at least 4 members (excludes halogenated alkanes) is 1. The zero-order valence-corrected chi connectivity index (χ0v) is 14.8. The van der Waals surface area contributed by atoms with Crippen molar-refractivity contribution in [3.63, 3.8) is 0 Å². The molecular weight excluding hydrogens is 316 g/mol. The van der Waals surface area contributed by atoms with Gasteiger partial charge in [-0.2, -0.15) is 0 Å². The first-order valence-electron chi connectivity index (χ1n) is 8.26. The smallest absolute Gasteiger partial charge is 0.410 e. The molecule has 8 heteroatoms. The molecule has 1 aliphatic rings. The minimum Gasteiger partial charge on any atom is -0.481 e. The van der Waals surface area contributed by atoms with E-state index < -0.39 is 35.7 Å². The van der Waals surface area contributed by atoms with E-state index in [1.807, 2.05) is 6.92 Å². The van der Waals surface area contributed by atoms with E-state index in [2.05, 4.69) is 5.32 Å². The van der Waals surface area contributed by atoms with Crippen LogP contribution in [-0.4, -0.2) is 59.5 Å². The molecule has 1 aliphatic heterocycles. The maximum absolute atomic E-state index is 12.2. The first kappa shape index (κ1) is 20.1. The van der Waals surface area contributed by atoms with Crippen LogP contribution in [0.4, 0.5) is 9.59 Å². The van der Waals surface area contributed by atoms with Crippen molar-refractivity contribution in [3.8, 4) is 0 Å². The summed E-state index contributed by atoms with van der Waals surface area (Å²) in [6.45, 7) is 7.78. The lowest BCUT2D eigenvalue weighted by Gasteiger charge is -2.36. The summed E-state index contributed by atoms with van der Waals surface area (Å²) >= 11 is 0. The van der Waals surface area contributed by atoms with Gasteiger partial charge in [-0.3, -0.25) is 4.79 Å². The van der Waals surface area contributed by atoms with E-state index in [1.54, 1.807) is 20.8 Å². The zero-order chi connectivity index (χ0) is 18.3. The summed E-state index contributed by atoms with van der Waals surface area (Å²) in [5, 5.41) is 11.9. The van der Waals surface area contributed by atoms with Crippen molar-refractivity contribution in [1.82, 2.24) is 10.2 Å². The maximum atomic E-state index is 12.2. The van der Waals surface area contributed by atoms with Gasteiger partial charge in [-0.1, -0.05) is 13.3 Å². The van der Waals surface area contributed by atoms with Crippen LogP contribution in [0.3, 0.4) is 0 Å². The lowest BCUT2D eigenvalue weighted by Crippen LogP contribution is -2.54. The lowest BCUT2D eigenvalue weighted by atomic mass is 9.94. The number of likely N-dealkylation sites (tertiary alicyclic amines) is 1. The van der Waals surface area contributed by atoms with Gasteiger partial charge in [0, 0.05) is 13.1 Å². The van der Waals surface area contributed by atoms with E-state index in [0.717, 1.165) is 12.8 Å². The van der Waals surface area contributed by atoms with Gasteiger partial charge in [0.1, 0.15) is 5.60 Å². The number of hydrogen-bond acceptors (Lipinski definition) is 5. The number of carboxylic acid groups (broad SMARTS) is 1. The van der Waals surface area contributed by atoms with Gasteiger partial charge in [0.15, 0.2) is 0 Å². The van der Waals surface area contributed by atoms with Crippen molar-refractivity contribution in [2.45, 2.75) is 58.6 Å². The molecule has 0 aliphatic carbocycles. The number of ether oxygens (including phenoxy) is 2. The molecule has 24 heavy (non-hydrogen) atoms. The van der Waals surface area contributed by atoms with Crippen molar-refractivity contribution < 1.29 is 29.0 Å². The van der Waals surface area contributed by atoms with Crippen LogP contribution in [0.15, 0.2) is 0 Å². The molecular formula is C16H28N2O6. The van der Waals surface area contributed by atoms with Gasteiger partial charge in [-0.15, -0.1) is 0 Å². The Morgan fingerprint density at radius 1 is 1.25 bits per heavy atom. The Kier molecular flexibility index (Phi) is 7.31. The van der Waals surface area contributed by atoms with Crippen LogP contribution < -0.4 is 5.32 Å². The molecule has 0 aromatic heterocycles. The van der Waals surface area contributed by atoms with Crippen molar-refractivity contribution in [3.05, 3.63) is 0 Å². The van der Waals surface area contributed by atoms with Crippen molar-refractivity contribution in [2.24, 2.45) is 5.92 Å². The number of piperidine rings is 1. The summed E-state index contributed by atoms with van der Waals surface area (Å²) in [5.74, 6) is -1.76. The Hall–Kier alpha value is -1.99. The third-order valence-electron chi connectivity index (χ3n) is 3.50. The zero-order valence-electron chi connectivity index (χ0n) is 14.8. The Morgan fingerprint density at radius 2 is 1.92 bits per heavy atom. The van der Waals surface area contributed by atoms with Crippen LogP contribution in [0.1, 0.15) is 47.0 Å². The maximum Gasteiger partial charge on any atom is 0.410 e. The molecule has 1 heterocycles. The van der Waals surface area contributed by atoms with Gasteiger partial charge in [0.25, 0.3) is 0 Å². The van der Waals surface area contributed by atoms with Gasteiger partial charge < -0.3 is 24.8 Å². The second-order valence-electron chi connectivity index (χ2n) is 6.99. The summed E-state index contributed by atoms with van der Waals surface area (Å²) in [6.07, 6.45) is 0.741. The van der Waals surface area contributed by atoms with Crippen LogP contribution >= 0.6 is 0 Å². The molecule has 1 saturated heterocycles. The highest BCUT2D eigenvalue weighted by molar-refractivity contribution is 5.74. The molecule has 0 aromatic rings. The largest absolute Gasteiger partial charge is 0.481 e. The van der Waals surface area contributed by atoms with Crippen LogP contribution in [0, 0.1) is 5.92 Å². The summed E-state index contributed by atoms with van der Waals surface area (Å²) in [7, 11) is 0. The van der Waals surface area contributed by atoms with Crippen LogP contribution in [-0.2, 0) is 14.3 Å². The molecule has 0 spiro atoms. The van der Waals surface area contributed by atoms with Gasteiger partial charge in [-0.05, 0) is 33.6 Å². The van der Waals surface area contributed by atoms with E-state index >= 15 is 0 Å². The lowest BCUT2D eigenvalue weighted by molar-refractivity contribution is -0.143. The SMILES string of the molecule is CCCCOC(=O)N[C@@H]1CC(C(=O)O)CN(C(=O)OC(C)(C)C)C1. The third kappa shape index (κ3) is 7.06. The number of carbonyl (C=O) groups is 3. The van der Waals surface area contributed by atoms with Gasteiger partial charge in [0.05, 0.1) is 18.6 Å². The fraction of sp³-hybridized carbons (Fsp3) is 0.812. The average Bonchev–Trinajstić information content (AvgIpc) is 2.45. The number of alkyl carbamates (subject to hydrolysis) is 1. The van der Waals surface area contributed by atoms with Gasteiger partial charge >= 0.3 is 18.2 Å². The van der Waals surface area contributed by atoms with Crippen LogP contribution in [0.2, 0.25) is 0 Å². The van der Waals surface area contributed by atoms with Gasteiger partial charge in [0.2, 0.25) is 0 Å². The average molecular weight is 344 g/mol. The molecule has 0 radical (unpaired) electrons. The van der Waals surface area contributed by atoms with Crippen molar-refractivity contribution in [1.29, 1.82) is 0 Å². The molecule has 0 saturated carbocycles.